The topological polar surface area (TPSA) is 54.0 Å². The Morgan fingerprint density at radius 2 is 2.00 bits per heavy atom. The fraction of sp³-hybridized carbons (Fsp3) is 0.286. The van der Waals surface area contributed by atoms with Crippen LogP contribution >= 0.6 is 15.9 Å². The molecule has 0 atom stereocenters. The highest BCUT2D eigenvalue weighted by atomic mass is 79.9. The first-order valence-corrected chi connectivity index (χ1v) is 7.25. The van der Waals surface area contributed by atoms with E-state index in [0.717, 1.165) is 39.6 Å². The van der Waals surface area contributed by atoms with Gasteiger partial charge in [0.1, 0.15) is 0 Å². The van der Waals surface area contributed by atoms with E-state index in [0.29, 0.717) is 5.56 Å². The van der Waals surface area contributed by atoms with Crippen molar-refractivity contribution in [3.8, 4) is 0 Å². The summed E-state index contributed by atoms with van der Waals surface area (Å²) in [5.41, 5.74) is 10.9. The van der Waals surface area contributed by atoms with Gasteiger partial charge in [0, 0.05) is 15.6 Å². The second kappa shape index (κ2) is 3.93. The predicted octanol–water partition coefficient (Wildman–Crippen LogP) is 2.95. The number of nitrogens with one attached hydrogen (secondary N) is 2. The number of hydrogen-bond donors (Lipinski definition) is 2. The Labute approximate surface area is 118 Å². The normalized spacial score (nSPS) is 16.8. The van der Waals surface area contributed by atoms with Crippen LogP contribution in [0.4, 0.5) is 5.69 Å². The van der Waals surface area contributed by atoms with Crippen molar-refractivity contribution in [1.82, 2.24) is 10.4 Å². The molecule has 1 aromatic heterocycles. The number of rotatable bonds is 0. The van der Waals surface area contributed by atoms with Crippen LogP contribution in [0.5, 0.6) is 0 Å². The summed E-state index contributed by atoms with van der Waals surface area (Å²) >= 11 is 3.54. The highest BCUT2D eigenvalue weighted by Gasteiger charge is 2.26. The van der Waals surface area contributed by atoms with Crippen molar-refractivity contribution in [2.24, 2.45) is 0 Å². The number of hydrazine groups is 1. The van der Waals surface area contributed by atoms with Crippen LogP contribution in [-0.4, -0.2) is 10.9 Å². The zero-order valence-corrected chi connectivity index (χ0v) is 11.8. The molecule has 2 heterocycles. The third kappa shape index (κ3) is 1.51. The first-order valence-electron chi connectivity index (χ1n) is 6.46. The number of benzene rings is 1. The minimum absolute atomic E-state index is 0.0949. The molecule has 0 spiro atoms. The van der Waals surface area contributed by atoms with E-state index in [1.54, 1.807) is 0 Å². The van der Waals surface area contributed by atoms with E-state index >= 15 is 0 Å². The Hall–Kier alpha value is -1.62. The van der Waals surface area contributed by atoms with Crippen molar-refractivity contribution in [2.45, 2.75) is 25.7 Å². The maximum Gasteiger partial charge on any atom is 0.270 e. The molecule has 5 heteroatoms. The van der Waals surface area contributed by atoms with Gasteiger partial charge >= 0.3 is 0 Å². The molecule has 2 aliphatic rings. The summed E-state index contributed by atoms with van der Waals surface area (Å²) in [5, 5.41) is 0.943. The number of nitrogens with zero attached hydrogens (tertiary/aromatic N) is 1. The molecular formula is C14H12BrN3O. The van der Waals surface area contributed by atoms with Gasteiger partial charge < -0.3 is 0 Å². The van der Waals surface area contributed by atoms with E-state index in [-0.39, 0.29) is 5.91 Å². The molecule has 0 bridgehead atoms. The zero-order valence-electron chi connectivity index (χ0n) is 10.2. The Morgan fingerprint density at radius 1 is 1.16 bits per heavy atom. The number of fused-ring (bicyclic) bond motifs is 2. The molecule has 4 rings (SSSR count). The molecule has 1 aliphatic carbocycles. The van der Waals surface area contributed by atoms with Crippen LogP contribution in [0.25, 0.3) is 10.9 Å². The summed E-state index contributed by atoms with van der Waals surface area (Å²) in [6.07, 6.45) is 4.42. The lowest BCUT2D eigenvalue weighted by Crippen LogP contribution is -2.34. The fourth-order valence-corrected chi connectivity index (χ4v) is 3.43. The molecule has 1 aliphatic heterocycles. The van der Waals surface area contributed by atoms with E-state index in [4.69, 9.17) is 4.98 Å². The maximum absolute atomic E-state index is 11.9. The van der Waals surface area contributed by atoms with Crippen molar-refractivity contribution in [3.05, 3.63) is 33.4 Å². The lowest BCUT2D eigenvalue weighted by Gasteiger charge is -2.26. The van der Waals surface area contributed by atoms with Crippen LogP contribution in [0.3, 0.4) is 0 Å². The highest BCUT2D eigenvalue weighted by Crippen LogP contribution is 2.38. The summed E-state index contributed by atoms with van der Waals surface area (Å²) < 4.78 is 0.942. The summed E-state index contributed by atoms with van der Waals surface area (Å²) in [5.74, 6) is -0.0949. The number of anilines is 1. The lowest BCUT2D eigenvalue weighted by molar-refractivity contribution is 0.0962. The number of pyridine rings is 1. The Bertz CT molecular complexity index is 726. The Kier molecular flexibility index (Phi) is 2.33. The van der Waals surface area contributed by atoms with Crippen LogP contribution in [0.1, 0.15) is 34.5 Å². The van der Waals surface area contributed by atoms with E-state index in [1.807, 2.05) is 12.1 Å². The summed E-state index contributed by atoms with van der Waals surface area (Å²) in [7, 11) is 0. The van der Waals surface area contributed by atoms with E-state index in [9.17, 15) is 4.79 Å². The molecule has 1 amide bonds. The highest BCUT2D eigenvalue weighted by molar-refractivity contribution is 9.10. The Morgan fingerprint density at radius 3 is 2.89 bits per heavy atom. The molecule has 0 saturated carbocycles. The summed E-state index contributed by atoms with van der Waals surface area (Å²) in [4.78, 5) is 16.7. The van der Waals surface area contributed by atoms with Gasteiger partial charge in [0.25, 0.3) is 5.91 Å². The van der Waals surface area contributed by atoms with Crippen molar-refractivity contribution < 1.29 is 4.79 Å². The molecule has 19 heavy (non-hydrogen) atoms. The summed E-state index contributed by atoms with van der Waals surface area (Å²) in [6.45, 7) is 0. The molecule has 2 N–H and O–H groups in total. The number of amides is 1. The van der Waals surface area contributed by atoms with Gasteiger partial charge in [-0.15, -0.1) is 0 Å². The van der Waals surface area contributed by atoms with Crippen molar-refractivity contribution in [1.29, 1.82) is 0 Å². The first kappa shape index (κ1) is 11.2. The molecule has 4 nitrogen and oxygen atoms in total. The minimum atomic E-state index is -0.0949. The molecule has 0 radical (unpaired) electrons. The average molecular weight is 318 g/mol. The van der Waals surface area contributed by atoms with Gasteiger partial charge in [0.15, 0.2) is 0 Å². The molecule has 0 unspecified atom stereocenters. The summed E-state index contributed by atoms with van der Waals surface area (Å²) in [6, 6.07) is 3.75. The van der Waals surface area contributed by atoms with E-state index in [2.05, 4.69) is 26.8 Å². The largest absolute Gasteiger partial charge is 0.297 e. The maximum atomic E-state index is 11.9. The van der Waals surface area contributed by atoms with Crippen molar-refractivity contribution in [2.75, 3.05) is 5.43 Å². The molecule has 1 aromatic carbocycles. The molecule has 2 aromatic rings. The van der Waals surface area contributed by atoms with Gasteiger partial charge in [-0.1, -0.05) is 0 Å². The van der Waals surface area contributed by atoms with Gasteiger partial charge in [-0.3, -0.25) is 20.6 Å². The molecular weight excluding hydrogens is 306 g/mol. The van der Waals surface area contributed by atoms with Crippen LogP contribution in [-0.2, 0) is 12.8 Å². The third-order valence-electron chi connectivity index (χ3n) is 3.91. The lowest BCUT2D eigenvalue weighted by atomic mass is 9.91. The van der Waals surface area contributed by atoms with Gasteiger partial charge in [-0.05, 0) is 59.3 Å². The number of aryl methyl sites for hydroxylation is 1. The van der Waals surface area contributed by atoms with Gasteiger partial charge in [0.05, 0.1) is 16.8 Å². The standard InChI is InChI=1S/C14H12BrN3O/c15-9-6-5-8-11-12(17-18-14(8)19)7-3-1-2-4-10(7)16-13(9)11/h5-6,17H,1-4H2,(H,18,19). The predicted molar refractivity (Wildman–Crippen MR) is 77.2 cm³/mol. The van der Waals surface area contributed by atoms with E-state index in [1.165, 1.54) is 18.4 Å². The number of aromatic nitrogens is 1. The Balaban J connectivity index is 2.17. The second-order valence-corrected chi connectivity index (χ2v) is 5.87. The number of carbonyl (C=O) groups excluding carboxylic acids is 1. The first-order chi connectivity index (χ1) is 9.25. The monoisotopic (exact) mass is 317 g/mol. The van der Waals surface area contributed by atoms with Crippen LogP contribution in [0.2, 0.25) is 0 Å². The number of carbonyl (C=O) groups is 1. The number of hydrogen-bond acceptors (Lipinski definition) is 3. The van der Waals surface area contributed by atoms with Crippen LogP contribution in [0.15, 0.2) is 16.6 Å². The van der Waals surface area contributed by atoms with Gasteiger partial charge in [-0.2, -0.15) is 0 Å². The van der Waals surface area contributed by atoms with E-state index < -0.39 is 0 Å². The average Bonchev–Trinajstić information content (AvgIpc) is 2.44. The quantitative estimate of drug-likeness (QED) is 0.785. The second-order valence-electron chi connectivity index (χ2n) is 5.02. The molecule has 0 saturated heterocycles. The van der Waals surface area contributed by atoms with Crippen LogP contribution < -0.4 is 10.9 Å². The van der Waals surface area contributed by atoms with Gasteiger partial charge in [-0.25, -0.2) is 0 Å². The minimum Gasteiger partial charge on any atom is -0.297 e. The fourth-order valence-electron chi connectivity index (χ4n) is 3.01. The third-order valence-corrected chi connectivity index (χ3v) is 4.55. The molecule has 0 fully saturated rings. The SMILES string of the molecule is O=C1NNc2c3c(nc4c(Br)ccc1c24)CCCC3. The van der Waals surface area contributed by atoms with Crippen molar-refractivity contribution >= 4 is 38.4 Å². The van der Waals surface area contributed by atoms with Crippen molar-refractivity contribution in [3.63, 3.8) is 0 Å². The van der Waals surface area contributed by atoms with Gasteiger partial charge in [0.2, 0.25) is 0 Å². The number of halogens is 1. The zero-order chi connectivity index (χ0) is 13.0. The molecule has 96 valence electrons. The van der Waals surface area contributed by atoms with Crippen LogP contribution in [0, 0.1) is 0 Å². The smallest absolute Gasteiger partial charge is 0.270 e.